The van der Waals surface area contributed by atoms with Crippen molar-refractivity contribution in [2.75, 3.05) is 0 Å². The lowest BCUT2D eigenvalue weighted by molar-refractivity contribution is 0.414. The number of furan rings is 1. The second-order valence-electron chi connectivity index (χ2n) is 5.64. The number of benzene rings is 1. The molecule has 0 saturated heterocycles. The summed E-state index contributed by atoms with van der Waals surface area (Å²) in [6, 6.07) is 8.54. The van der Waals surface area contributed by atoms with Crippen molar-refractivity contribution in [2.24, 2.45) is 7.05 Å². The Morgan fingerprint density at radius 3 is 2.62 bits per heavy atom. The highest BCUT2D eigenvalue weighted by atomic mass is 16.3. The van der Waals surface area contributed by atoms with Crippen molar-refractivity contribution >= 4 is 11.0 Å². The maximum Gasteiger partial charge on any atom is 0.134 e. The zero-order valence-corrected chi connectivity index (χ0v) is 12.9. The van der Waals surface area contributed by atoms with Gasteiger partial charge in [0.25, 0.3) is 0 Å². The number of aromatic nitrogens is 2. The number of fused-ring (bicyclic) bond motifs is 1. The molecule has 1 N–H and O–H groups in total. The van der Waals surface area contributed by atoms with Gasteiger partial charge in [-0.3, -0.25) is 4.68 Å². The summed E-state index contributed by atoms with van der Waals surface area (Å²) in [4.78, 5) is 0. The molecule has 0 aliphatic carbocycles. The van der Waals surface area contributed by atoms with Crippen LogP contribution in [0.25, 0.3) is 11.0 Å². The Morgan fingerprint density at radius 2 is 1.95 bits per heavy atom. The highest BCUT2D eigenvalue weighted by Crippen LogP contribution is 2.30. The third kappa shape index (κ3) is 2.59. The molecular formula is C17H21N3O. The van der Waals surface area contributed by atoms with Crippen molar-refractivity contribution in [2.45, 2.75) is 32.9 Å². The summed E-state index contributed by atoms with van der Waals surface area (Å²) >= 11 is 0. The Morgan fingerprint density at radius 1 is 1.19 bits per heavy atom. The fourth-order valence-electron chi connectivity index (χ4n) is 2.82. The highest BCUT2D eigenvalue weighted by Gasteiger charge is 2.19. The molecule has 110 valence electrons. The van der Waals surface area contributed by atoms with Crippen molar-refractivity contribution < 1.29 is 4.42 Å². The first-order valence-electron chi connectivity index (χ1n) is 7.29. The Kier molecular flexibility index (Phi) is 3.55. The van der Waals surface area contributed by atoms with E-state index in [0.29, 0.717) is 0 Å². The second-order valence-corrected chi connectivity index (χ2v) is 5.64. The van der Waals surface area contributed by atoms with Crippen LogP contribution in [0.5, 0.6) is 0 Å². The van der Waals surface area contributed by atoms with E-state index < -0.39 is 0 Å². The normalized spacial score (nSPS) is 14.5. The number of aryl methyl sites for hydroxylation is 2. The molecule has 21 heavy (non-hydrogen) atoms. The molecule has 0 bridgehead atoms. The van der Waals surface area contributed by atoms with Crippen LogP contribution in [0.4, 0.5) is 0 Å². The van der Waals surface area contributed by atoms with Gasteiger partial charge >= 0.3 is 0 Å². The van der Waals surface area contributed by atoms with Crippen molar-refractivity contribution in [1.82, 2.24) is 15.1 Å². The first-order chi connectivity index (χ1) is 10.1. The van der Waals surface area contributed by atoms with Crippen molar-refractivity contribution in [3.8, 4) is 0 Å². The van der Waals surface area contributed by atoms with Crippen LogP contribution >= 0.6 is 0 Å². The average Bonchev–Trinajstić information content (AvgIpc) is 3.04. The first kappa shape index (κ1) is 13.9. The van der Waals surface area contributed by atoms with Gasteiger partial charge in [-0.1, -0.05) is 18.2 Å². The minimum Gasteiger partial charge on any atom is -0.459 e. The zero-order chi connectivity index (χ0) is 15.0. The van der Waals surface area contributed by atoms with Gasteiger partial charge in [-0.25, -0.2) is 0 Å². The fraction of sp³-hybridized carbons (Fsp3) is 0.353. The van der Waals surface area contributed by atoms with Gasteiger partial charge in [0.1, 0.15) is 11.3 Å². The van der Waals surface area contributed by atoms with E-state index in [1.54, 1.807) is 0 Å². The lowest BCUT2D eigenvalue weighted by Gasteiger charge is -2.18. The molecule has 2 aromatic heterocycles. The van der Waals surface area contributed by atoms with Crippen LogP contribution in [-0.2, 0) is 7.05 Å². The molecular weight excluding hydrogens is 262 g/mol. The van der Waals surface area contributed by atoms with Crippen LogP contribution in [0.15, 0.2) is 41.1 Å². The van der Waals surface area contributed by atoms with E-state index in [0.717, 1.165) is 11.3 Å². The summed E-state index contributed by atoms with van der Waals surface area (Å²) in [5.74, 6) is 1.01. The van der Waals surface area contributed by atoms with Gasteiger partial charge in [0.2, 0.25) is 0 Å². The van der Waals surface area contributed by atoms with Crippen molar-refractivity contribution in [1.29, 1.82) is 0 Å². The molecule has 0 aliphatic rings. The van der Waals surface area contributed by atoms with Crippen LogP contribution in [0, 0.1) is 6.92 Å². The number of nitrogens with zero attached hydrogens (tertiary/aromatic N) is 2. The zero-order valence-electron chi connectivity index (χ0n) is 12.9. The minimum atomic E-state index is 0.146. The second kappa shape index (κ2) is 5.37. The molecule has 4 nitrogen and oxygen atoms in total. The van der Waals surface area contributed by atoms with E-state index in [9.17, 15) is 0 Å². The molecule has 0 aliphatic heterocycles. The maximum absolute atomic E-state index is 6.02. The third-order valence-electron chi connectivity index (χ3n) is 4.00. The largest absolute Gasteiger partial charge is 0.459 e. The number of hydrogen-bond donors (Lipinski definition) is 1. The summed E-state index contributed by atoms with van der Waals surface area (Å²) in [6.45, 7) is 6.40. The SMILES string of the molecule is Cc1c(C(C)NC(C)c2cnn(C)c2)oc2ccccc12. The van der Waals surface area contributed by atoms with E-state index in [1.165, 1.54) is 16.5 Å². The third-order valence-corrected chi connectivity index (χ3v) is 4.00. The lowest BCUT2D eigenvalue weighted by atomic mass is 10.1. The first-order valence-corrected chi connectivity index (χ1v) is 7.29. The van der Waals surface area contributed by atoms with Gasteiger partial charge in [-0.15, -0.1) is 0 Å². The summed E-state index contributed by atoms with van der Waals surface area (Å²) in [5, 5.41) is 8.99. The van der Waals surface area contributed by atoms with Crippen LogP contribution < -0.4 is 5.32 Å². The highest BCUT2D eigenvalue weighted by molar-refractivity contribution is 5.82. The molecule has 2 heterocycles. The van der Waals surface area contributed by atoms with E-state index in [1.807, 2.05) is 42.3 Å². The summed E-state index contributed by atoms with van der Waals surface area (Å²) < 4.78 is 7.84. The molecule has 1 aromatic carbocycles. The van der Waals surface area contributed by atoms with Crippen LogP contribution in [0.1, 0.15) is 42.8 Å². The Labute approximate surface area is 124 Å². The van der Waals surface area contributed by atoms with Gasteiger partial charge in [0, 0.05) is 30.2 Å². The Balaban J connectivity index is 1.83. The number of nitrogens with one attached hydrogen (secondary N) is 1. The van der Waals surface area contributed by atoms with Gasteiger partial charge in [-0.05, 0) is 32.4 Å². The molecule has 0 spiro atoms. The monoisotopic (exact) mass is 283 g/mol. The van der Waals surface area contributed by atoms with E-state index >= 15 is 0 Å². The van der Waals surface area contributed by atoms with Crippen LogP contribution in [0.3, 0.4) is 0 Å². The average molecular weight is 283 g/mol. The molecule has 3 aromatic rings. The molecule has 0 amide bonds. The van der Waals surface area contributed by atoms with Crippen LogP contribution in [-0.4, -0.2) is 9.78 Å². The fourth-order valence-corrected chi connectivity index (χ4v) is 2.82. The molecule has 4 heteroatoms. The smallest absolute Gasteiger partial charge is 0.134 e. The molecule has 2 unspecified atom stereocenters. The van der Waals surface area contributed by atoms with Gasteiger partial charge in [0.15, 0.2) is 0 Å². The summed E-state index contributed by atoms with van der Waals surface area (Å²) in [6.07, 6.45) is 3.94. The standard InChI is InChI=1S/C17H21N3O/c1-11-15-7-5-6-8-16(15)21-17(11)13(3)19-12(2)14-9-18-20(4)10-14/h5-10,12-13,19H,1-4H3. The van der Waals surface area contributed by atoms with E-state index in [2.05, 4.69) is 37.3 Å². The van der Waals surface area contributed by atoms with Crippen molar-refractivity contribution in [3.63, 3.8) is 0 Å². The van der Waals surface area contributed by atoms with Gasteiger partial charge in [-0.2, -0.15) is 5.10 Å². The Bertz CT molecular complexity index is 756. The molecule has 3 rings (SSSR count). The summed E-state index contributed by atoms with van der Waals surface area (Å²) in [5.41, 5.74) is 3.34. The van der Waals surface area contributed by atoms with Crippen LogP contribution in [0.2, 0.25) is 0 Å². The predicted octanol–water partition coefficient (Wildman–Crippen LogP) is 3.89. The predicted molar refractivity (Wildman–Crippen MR) is 84.1 cm³/mol. The van der Waals surface area contributed by atoms with Gasteiger partial charge in [0.05, 0.1) is 12.2 Å². The number of rotatable bonds is 4. The molecule has 0 radical (unpaired) electrons. The quantitative estimate of drug-likeness (QED) is 0.790. The molecule has 2 atom stereocenters. The number of para-hydroxylation sites is 1. The topological polar surface area (TPSA) is 43.0 Å². The number of hydrogen-bond acceptors (Lipinski definition) is 3. The molecule has 0 fully saturated rings. The summed E-state index contributed by atoms with van der Waals surface area (Å²) in [7, 11) is 1.93. The van der Waals surface area contributed by atoms with Gasteiger partial charge < -0.3 is 9.73 Å². The van der Waals surface area contributed by atoms with Crippen molar-refractivity contribution in [3.05, 3.63) is 53.5 Å². The maximum atomic E-state index is 6.02. The lowest BCUT2D eigenvalue weighted by Crippen LogP contribution is -2.22. The Hall–Kier alpha value is -2.07. The minimum absolute atomic E-state index is 0.146. The van der Waals surface area contributed by atoms with E-state index in [4.69, 9.17) is 4.42 Å². The van der Waals surface area contributed by atoms with E-state index in [-0.39, 0.29) is 12.1 Å². The molecule has 0 saturated carbocycles.